The zero-order valence-corrected chi connectivity index (χ0v) is 11.9. The van der Waals surface area contributed by atoms with Crippen LogP contribution in [0, 0.1) is 5.92 Å². The number of hydrazine groups is 1. The summed E-state index contributed by atoms with van der Waals surface area (Å²) in [5, 5.41) is 5.98. The molecule has 0 radical (unpaired) electrons. The van der Waals surface area contributed by atoms with E-state index in [1.807, 2.05) is 30.3 Å². The second-order valence-corrected chi connectivity index (χ2v) is 5.67. The summed E-state index contributed by atoms with van der Waals surface area (Å²) in [7, 11) is 0. The number of anilines is 1. The van der Waals surface area contributed by atoms with Crippen LogP contribution < -0.4 is 21.5 Å². The lowest BCUT2D eigenvalue weighted by atomic mass is 10.1. The van der Waals surface area contributed by atoms with Gasteiger partial charge in [-0.1, -0.05) is 30.0 Å². The SMILES string of the molecule is O=C(CSC1=NC2NNCC2C(=O)N1)Nc1ccccc1. The number of aliphatic imine (C=N–C) groups is 1. The normalized spacial score (nSPS) is 24.0. The summed E-state index contributed by atoms with van der Waals surface area (Å²) >= 11 is 1.22. The van der Waals surface area contributed by atoms with Crippen LogP contribution in [0.2, 0.25) is 0 Å². The van der Waals surface area contributed by atoms with Gasteiger partial charge in [0.05, 0.1) is 11.7 Å². The number of hydrogen-bond acceptors (Lipinski definition) is 6. The first-order chi connectivity index (χ1) is 10.2. The molecule has 2 heterocycles. The van der Waals surface area contributed by atoms with Gasteiger partial charge >= 0.3 is 0 Å². The van der Waals surface area contributed by atoms with E-state index < -0.39 is 0 Å². The molecule has 2 unspecified atom stereocenters. The Bertz CT molecular complexity index is 577. The number of amides is 2. The molecule has 1 aromatic carbocycles. The maximum atomic E-state index is 11.8. The molecule has 0 spiro atoms. The molecule has 8 heteroatoms. The van der Waals surface area contributed by atoms with Crippen LogP contribution in [-0.4, -0.2) is 35.4 Å². The number of nitrogens with one attached hydrogen (secondary N) is 4. The fourth-order valence-corrected chi connectivity index (χ4v) is 2.83. The van der Waals surface area contributed by atoms with Crippen molar-refractivity contribution >= 4 is 34.4 Å². The predicted octanol–water partition coefficient (Wildman–Crippen LogP) is -0.106. The van der Waals surface area contributed by atoms with Gasteiger partial charge < -0.3 is 10.6 Å². The summed E-state index contributed by atoms with van der Waals surface area (Å²) in [5.41, 5.74) is 6.59. The van der Waals surface area contributed by atoms with Crippen molar-refractivity contribution in [3.8, 4) is 0 Å². The van der Waals surface area contributed by atoms with Crippen LogP contribution in [0.3, 0.4) is 0 Å². The quantitative estimate of drug-likeness (QED) is 0.625. The topological polar surface area (TPSA) is 94.6 Å². The van der Waals surface area contributed by atoms with Gasteiger partial charge in [0.1, 0.15) is 6.17 Å². The number of carbonyl (C=O) groups is 2. The smallest absolute Gasteiger partial charge is 0.234 e. The first-order valence-corrected chi connectivity index (χ1v) is 7.56. The molecule has 2 aliphatic rings. The van der Waals surface area contributed by atoms with Crippen LogP contribution in [0.4, 0.5) is 5.69 Å². The maximum absolute atomic E-state index is 11.8. The van der Waals surface area contributed by atoms with Crippen molar-refractivity contribution < 1.29 is 9.59 Å². The number of hydrogen-bond donors (Lipinski definition) is 4. The molecule has 3 rings (SSSR count). The second-order valence-electron chi connectivity index (χ2n) is 4.70. The lowest BCUT2D eigenvalue weighted by molar-refractivity contribution is -0.123. The number of thioether (sulfide) groups is 1. The van der Waals surface area contributed by atoms with E-state index in [2.05, 4.69) is 26.5 Å². The summed E-state index contributed by atoms with van der Waals surface area (Å²) in [5.74, 6) is -0.201. The van der Waals surface area contributed by atoms with Gasteiger partial charge in [0.25, 0.3) is 0 Å². The van der Waals surface area contributed by atoms with Crippen LogP contribution in [-0.2, 0) is 9.59 Å². The molecular formula is C13H15N5O2S. The minimum atomic E-state index is -0.251. The Balaban J connectivity index is 1.53. The molecule has 1 saturated heterocycles. The van der Waals surface area contributed by atoms with E-state index in [4.69, 9.17) is 0 Å². The van der Waals surface area contributed by atoms with Gasteiger partial charge in [0.2, 0.25) is 11.8 Å². The van der Waals surface area contributed by atoms with Gasteiger partial charge in [0.15, 0.2) is 5.17 Å². The van der Waals surface area contributed by atoms with Gasteiger partial charge in [-0.15, -0.1) is 0 Å². The van der Waals surface area contributed by atoms with E-state index >= 15 is 0 Å². The average molecular weight is 305 g/mol. The molecular weight excluding hydrogens is 290 g/mol. The van der Waals surface area contributed by atoms with E-state index in [1.165, 1.54) is 11.8 Å². The Morgan fingerprint density at radius 2 is 2.19 bits per heavy atom. The molecule has 0 saturated carbocycles. The number of fused-ring (bicyclic) bond motifs is 1. The van der Waals surface area contributed by atoms with E-state index in [0.29, 0.717) is 11.7 Å². The molecule has 1 fully saturated rings. The van der Waals surface area contributed by atoms with E-state index in [1.54, 1.807) is 0 Å². The fraction of sp³-hybridized carbons (Fsp3) is 0.308. The molecule has 2 atom stereocenters. The van der Waals surface area contributed by atoms with Crippen molar-refractivity contribution in [1.29, 1.82) is 0 Å². The highest BCUT2D eigenvalue weighted by Crippen LogP contribution is 2.17. The van der Waals surface area contributed by atoms with Crippen LogP contribution >= 0.6 is 11.8 Å². The van der Waals surface area contributed by atoms with Crippen LogP contribution in [0.1, 0.15) is 0 Å². The Labute approximate surface area is 125 Å². The second kappa shape index (κ2) is 6.25. The highest BCUT2D eigenvalue weighted by Gasteiger charge is 2.36. The molecule has 1 aromatic rings. The minimum Gasteiger partial charge on any atom is -0.325 e. The van der Waals surface area contributed by atoms with Gasteiger partial charge in [-0.2, -0.15) is 0 Å². The monoisotopic (exact) mass is 305 g/mol. The van der Waals surface area contributed by atoms with Gasteiger partial charge in [-0.05, 0) is 12.1 Å². The van der Waals surface area contributed by atoms with Gasteiger partial charge in [-0.25, -0.2) is 10.4 Å². The van der Waals surface area contributed by atoms with Gasteiger partial charge in [-0.3, -0.25) is 15.0 Å². The summed E-state index contributed by atoms with van der Waals surface area (Å²) in [6, 6.07) is 9.23. The third-order valence-corrected chi connectivity index (χ3v) is 4.06. The van der Waals surface area contributed by atoms with Crippen molar-refractivity contribution in [3.05, 3.63) is 30.3 Å². The van der Waals surface area contributed by atoms with E-state index in [-0.39, 0.29) is 29.7 Å². The summed E-state index contributed by atoms with van der Waals surface area (Å²) in [6.45, 7) is 0.562. The predicted molar refractivity (Wildman–Crippen MR) is 81.5 cm³/mol. The zero-order valence-electron chi connectivity index (χ0n) is 11.1. The minimum absolute atomic E-state index is 0.0709. The van der Waals surface area contributed by atoms with E-state index in [9.17, 15) is 9.59 Å². The lowest BCUT2D eigenvalue weighted by Gasteiger charge is -2.21. The number of para-hydroxylation sites is 1. The van der Waals surface area contributed by atoms with Crippen molar-refractivity contribution in [1.82, 2.24) is 16.2 Å². The Kier molecular flexibility index (Phi) is 4.18. The highest BCUT2D eigenvalue weighted by molar-refractivity contribution is 8.14. The molecule has 4 N–H and O–H groups in total. The molecule has 2 aliphatic heterocycles. The number of rotatable bonds is 3. The number of benzene rings is 1. The number of carbonyl (C=O) groups excluding carboxylic acids is 2. The Morgan fingerprint density at radius 3 is 3.00 bits per heavy atom. The molecule has 0 aromatic heterocycles. The summed E-state index contributed by atoms with van der Waals surface area (Å²) < 4.78 is 0. The third-order valence-electron chi connectivity index (χ3n) is 3.17. The Hall–Kier alpha value is -1.90. The third kappa shape index (κ3) is 3.41. The molecule has 21 heavy (non-hydrogen) atoms. The van der Waals surface area contributed by atoms with Crippen molar-refractivity contribution in [2.75, 3.05) is 17.6 Å². The van der Waals surface area contributed by atoms with Crippen molar-refractivity contribution in [3.63, 3.8) is 0 Å². The maximum Gasteiger partial charge on any atom is 0.234 e. The van der Waals surface area contributed by atoms with Crippen LogP contribution in [0.5, 0.6) is 0 Å². The lowest BCUT2D eigenvalue weighted by Crippen LogP contribution is -2.46. The van der Waals surface area contributed by atoms with Crippen molar-refractivity contribution in [2.24, 2.45) is 10.9 Å². The molecule has 0 bridgehead atoms. The molecule has 0 aliphatic carbocycles. The molecule has 110 valence electrons. The average Bonchev–Trinajstić information content (AvgIpc) is 2.95. The van der Waals surface area contributed by atoms with Crippen LogP contribution in [0.15, 0.2) is 35.3 Å². The summed E-state index contributed by atoms with van der Waals surface area (Å²) in [6.07, 6.45) is -0.251. The van der Waals surface area contributed by atoms with Gasteiger partial charge in [0, 0.05) is 12.2 Å². The number of nitrogens with zero attached hydrogens (tertiary/aromatic N) is 1. The highest BCUT2D eigenvalue weighted by atomic mass is 32.2. The zero-order chi connectivity index (χ0) is 14.7. The van der Waals surface area contributed by atoms with E-state index in [0.717, 1.165) is 5.69 Å². The van der Waals surface area contributed by atoms with Crippen molar-refractivity contribution in [2.45, 2.75) is 6.17 Å². The standard InChI is InChI=1S/C13H15N5O2S/c19-10(15-8-4-2-1-3-5-8)7-21-13-16-11-9(6-14-18-11)12(20)17-13/h1-5,9,11,14,18H,6-7H2,(H,15,19)(H,16,17,20). The molecule has 7 nitrogen and oxygen atoms in total. The Morgan fingerprint density at radius 1 is 1.38 bits per heavy atom. The number of amidine groups is 1. The first-order valence-electron chi connectivity index (χ1n) is 6.57. The first kappa shape index (κ1) is 14.1. The fourth-order valence-electron chi connectivity index (χ4n) is 2.13. The molecule has 2 amide bonds. The largest absolute Gasteiger partial charge is 0.325 e. The van der Waals surface area contributed by atoms with Crippen LogP contribution in [0.25, 0.3) is 0 Å². The summed E-state index contributed by atoms with van der Waals surface area (Å²) in [4.78, 5) is 28.0.